The number of carbonyl (C=O) groups excluding carboxylic acids is 1. The van der Waals surface area contributed by atoms with Crippen LogP contribution >= 0.6 is 15.9 Å². The van der Waals surface area contributed by atoms with Crippen molar-refractivity contribution in [3.63, 3.8) is 0 Å². The molecule has 0 atom stereocenters. The van der Waals surface area contributed by atoms with Crippen molar-refractivity contribution >= 4 is 46.3 Å². The van der Waals surface area contributed by atoms with Crippen LogP contribution in [-0.4, -0.2) is 75.2 Å². The molecule has 3 rings (SSSR count). The Morgan fingerprint density at radius 1 is 1.33 bits per heavy atom. The van der Waals surface area contributed by atoms with Crippen molar-refractivity contribution < 1.29 is 22.7 Å². The Hall–Kier alpha value is -2.99. The van der Waals surface area contributed by atoms with E-state index in [1.807, 2.05) is 7.05 Å². The number of hydrogen-bond acceptors (Lipinski definition) is 7. The van der Waals surface area contributed by atoms with Gasteiger partial charge in [-0.25, -0.2) is 13.2 Å². The topological polar surface area (TPSA) is 73.6 Å². The molecule has 1 saturated heterocycles. The first-order valence-corrected chi connectivity index (χ1v) is 12.0. The molecule has 36 heavy (non-hydrogen) atoms. The number of piperidine rings is 1. The molecule has 0 bridgehead atoms. The quantitative estimate of drug-likeness (QED) is 0.185. The van der Waals surface area contributed by atoms with Gasteiger partial charge in [-0.05, 0) is 67.1 Å². The monoisotopic (exact) mass is 568 g/mol. The first-order chi connectivity index (χ1) is 17.2. The Morgan fingerprint density at radius 2 is 2.06 bits per heavy atom. The number of halogens is 4. The van der Waals surface area contributed by atoms with Gasteiger partial charge in [0, 0.05) is 32.1 Å². The number of amides is 1. The number of pyridine rings is 1. The minimum absolute atomic E-state index is 0.0587. The van der Waals surface area contributed by atoms with Gasteiger partial charge in [0.2, 0.25) is 12.3 Å². The van der Waals surface area contributed by atoms with Crippen LogP contribution in [0.3, 0.4) is 0 Å². The molecule has 0 unspecified atom stereocenters. The molecule has 12 heteroatoms. The standard InChI is InChI=1S/C24H28BrF3N6O2/c1-29-31-24(36-14-23(27)28)16-4-5-17(30-12-16)13-34(15-35)22-11-20(26)19(25)10-21(22)33(3)18-6-8-32(2)9-7-18/h4-5,10-12,15,18,23H,1,6-9,13-14H2,2-3H3/b31-24-. The third kappa shape index (κ3) is 7.03. The van der Waals surface area contributed by atoms with E-state index in [1.165, 1.54) is 17.2 Å². The van der Waals surface area contributed by atoms with Crippen molar-refractivity contribution in [2.45, 2.75) is 31.9 Å². The minimum Gasteiger partial charge on any atom is -0.470 e. The molecular weight excluding hydrogens is 541 g/mol. The number of alkyl halides is 2. The van der Waals surface area contributed by atoms with E-state index in [0.29, 0.717) is 33.5 Å². The average molecular weight is 569 g/mol. The summed E-state index contributed by atoms with van der Waals surface area (Å²) in [6, 6.07) is 6.42. The third-order valence-electron chi connectivity index (χ3n) is 5.98. The van der Waals surface area contributed by atoms with Gasteiger partial charge in [0.15, 0.2) is 6.61 Å². The van der Waals surface area contributed by atoms with Crippen molar-refractivity contribution in [2.24, 2.45) is 10.2 Å². The molecule has 8 nitrogen and oxygen atoms in total. The lowest BCUT2D eigenvalue weighted by Gasteiger charge is -2.38. The number of ether oxygens (including phenoxy) is 1. The molecule has 1 aliphatic rings. The fraction of sp³-hybridized carbons (Fsp3) is 0.417. The summed E-state index contributed by atoms with van der Waals surface area (Å²) >= 11 is 3.26. The zero-order valence-corrected chi connectivity index (χ0v) is 21.7. The average Bonchev–Trinajstić information content (AvgIpc) is 2.87. The molecule has 1 amide bonds. The fourth-order valence-electron chi connectivity index (χ4n) is 3.99. The van der Waals surface area contributed by atoms with Gasteiger partial charge in [-0.1, -0.05) is 0 Å². The molecule has 1 aromatic carbocycles. The zero-order valence-electron chi connectivity index (χ0n) is 20.1. The van der Waals surface area contributed by atoms with Gasteiger partial charge >= 0.3 is 0 Å². The van der Waals surface area contributed by atoms with Crippen LogP contribution in [0, 0.1) is 5.82 Å². The van der Waals surface area contributed by atoms with E-state index in [4.69, 9.17) is 4.74 Å². The lowest BCUT2D eigenvalue weighted by molar-refractivity contribution is -0.107. The Balaban J connectivity index is 1.84. The molecule has 1 fully saturated rings. The summed E-state index contributed by atoms with van der Waals surface area (Å²) in [7, 11) is 4.03. The molecule has 0 aliphatic carbocycles. The smallest absolute Gasteiger partial charge is 0.272 e. The van der Waals surface area contributed by atoms with Gasteiger partial charge in [0.25, 0.3) is 6.43 Å². The maximum Gasteiger partial charge on any atom is 0.272 e. The van der Waals surface area contributed by atoms with Crippen LogP contribution in [0.25, 0.3) is 0 Å². The largest absolute Gasteiger partial charge is 0.470 e. The number of hydrogen-bond donors (Lipinski definition) is 0. The summed E-state index contributed by atoms with van der Waals surface area (Å²) < 4.78 is 44.9. The Bertz CT molecular complexity index is 1080. The molecule has 1 aromatic heterocycles. The lowest BCUT2D eigenvalue weighted by atomic mass is 10.0. The van der Waals surface area contributed by atoms with Gasteiger partial charge in [0.05, 0.1) is 33.6 Å². The number of nitrogens with zero attached hydrogens (tertiary/aromatic N) is 6. The first-order valence-electron chi connectivity index (χ1n) is 11.3. The van der Waals surface area contributed by atoms with Crippen molar-refractivity contribution in [2.75, 3.05) is 43.6 Å². The normalized spacial score (nSPS) is 15.1. The van der Waals surface area contributed by atoms with Gasteiger partial charge in [-0.3, -0.25) is 9.78 Å². The summed E-state index contributed by atoms with van der Waals surface area (Å²) in [6.07, 6.45) is 1.22. The highest BCUT2D eigenvalue weighted by molar-refractivity contribution is 9.10. The van der Waals surface area contributed by atoms with Crippen LogP contribution in [0.4, 0.5) is 24.5 Å². The van der Waals surface area contributed by atoms with E-state index in [0.717, 1.165) is 25.9 Å². The number of likely N-dealkylation sites (tertiary alicyclic amines) is 1. The van der Waals surface area contributed by atoms with Crippen LogP contribution in [0.5, 0.6) is 0 Å². The van der Waals surface area contributed by atoms with Gasteiger partial charge < -0.3 is 19.4 Å². The highest BCUT2D eigenvalue weighted by atomic mass is 79.9. The van der Waals surface area contributed by atoms with Crippen molar-refractivity contribution in [3.05, 3.63) is 52.0 Å². The maximum absolute atomic E-state index is 14.6. The molecule has 1 aliphatic heterocycles. The number of aromatic nitrogens is 1. The van der Waals surface area contributed by atoms with Crippen LogP contribution < -0.4 is 9.80 Å². The summed E-state index contributed by atoms with van der Waals surface area (Å²) in [4.78, 5) is 22.2. The summed E-state index contributed by atoms with van der Waals surface area (Å²) in [5, 5.41) is 6.97. The summed E-state index contributed by atoms with van der Waals surface area (Å²) in [5.74, 6) is -0.636. The number of anilines is 2. The highest BCUT2D eigenvalue weighted by Gasteiger charge is 2.25. The van der Waals surface area contributed by atoms with Crippen molar-refractivity contribution in [1.29, 1.82) is 0 Å². The number of rotatable bonds is 10. The second-order valence-electron chi connectivity index (χ2n) is 8.42. The van der Waals surface area contributed by atoms with E-state index < -0.39 is 18.8 Å². The zero-order chi connectivity index (χ0) is 26.2. The van der Waals surface area contributed by atoms with E-state index in [2.05, 4.69) is 54.7 Å². The predicted octanol–water partition coefficient (Wildman–Crippen LogP) is 4.32. The molecule has 0 radical (unpaired) electrons. The van der Waals surface area contributed by atoms with E-state index in [1.54, 1.807) is 18.2 Å². The third-order valence-corrected chi connectivity index (χ3v) is 6.59. The highest BCUT2D eigenvalue weighted by Crippen LogP contribution is 2.36. The first kappa shape index (κ1) is 27.6. The Kier molecular flexibility index (Phi) is 9.82. The molecular formula is C24H28BrF3N6O2. The maximum atomic E-state index is 14.6. The second-order valence-corrected chi connectivity index (χ2v) is 9.27. The van der Waals surface area contributed by atoms with E-state index >= 15 is 0 Å². The molecule has 2 aromatic rings. The van der Waals surface area contributed by atoms with E-state index in [-0.39, 0.29) is 18.5 Å². The van der Waals surface area contributed by atoms with Crippen molar-refractivity contribution in [3.8, 4) is 0 Å². The summed E-state index contributed by atoms with van der Waals surface area (Å²) in [6.45, 7) is 4.33. The van der Waals surface area contributed by atoms with Crippen LogP contribution in [0.1, 0.15) is 24.1 Å². The fourth-order valence-corrected chi connectivity index (χ4v) is 4.32. The molecule has 2 heterocycles. The lowest BCUT2D eigenvalue weighted by Crippen LogP contribution is -2.42. The number of benzene rings is 1. The Morgan fingerprint density at radius 3 is 2.64 bits per heavy atom. The molecule has 0 saturated carbocycles. The minimum atomic E-state index is -2.68. The van der Waals surface area contributed by atoms with Gasteiger partial charge in [0.1, 0.15) is 5.82 Å². The van der Waals surface area contributed by atoms with Gasteiger partial charge in [-0.15, -0.1) is 5.10 Å². The Labute approximate surface area is 216 Å². The molecule has 0 N–H and O–H groups in total. The summed E-state index contributed by atoms with van der Waals surface area (Å²) in [5.41, 5.74) is 1.94. The predicted molar refractivity (Wildman–Crippen MR) is 138 cm³/mol. The van der Waals surface area contributed by atoms with E-state index in [9.17, 15) is 18.0 Å². The van der Waals surface area contributed by atoms with Crippen LogP contribution in [-0.2, 0) is 16.1 Å². The number of carbonyl (C=O) groups is 1. The van der Waals surface area contributed by atoms with Crippen LogP contribution in [0.2, 0.25) is 0 Å². The molecule has 194 valence electrons. The van der Waals surface area contributed by atoms with Crippen molar-refractivity contribution in [1.82, 2.24) is 9.88 Å². The second kappa shape index (κ2) is 12.8. The van der Waals surface area contributed by atoms with Gasteiger partial charge in [-0.2, -0.15) is 5.10 Å². The molecule has 0 spiro atoms. The van der Waals surface area contributed by atoms with Crippen LogP contribution in [0.15, 0.2) is 45.1 Å². The SMILES string of the molecule is C=N/N=C(\OCC(F)F)c1ccc(CN(C=O)c2cc(F)c(Br)cc2N(C)C2CCN(C)CC2)nc1.